The van der Waals surface area contributed by atoms with Crippen molar-refractivity contribution >= 4 is 28.2 Å². The van der Waals surface area contributed by atoms with Gasteiger partial charge in [-0.15, -0.1) is 11.6 Å². The van der Waals surface area contributed by atoms with Gasteiger partial charge in [0.1, 0.15) is 0 Å². The van der Waals surface area contributed by atoms with Crippen LogP contribution in [-0.2, 0) is 6.42 Å². The standard InChI is InChI=1S/C13H14ClN3O3/c1-2-3-9(14)4-8-5-11-10(6-12(8)17(19)20)13(18)16-7-15-11/h5-7,9H,2-4H2,1H3,(H,15,16,18). The number of hydrogen-bond acceptors (Lipinski definition) is 4. The SMILES string of the molecule is CCCC(Cl)Cc1cc2nc[nH]c(=O)c2cc1[N+](=O)[O-]. The average Bonchev–Trinajstić information content (AvgIpc) is 2.38. The van der Waals surface area contributed by atoms with Crippen molar-refractivity contribution in [3.05, 3.63) is 44.5 Å². The second-order valence-corrected chi connectivity index (χ2v) is 5.19. The number of aromatic nitrogens is 2. The van der Waals surface area contributed by atoms with Crippen LogP contribution >= 0.6 is 11.6 Å². The van der Waals surface area contributed by atoms with E-state index in [1.54, 1.807) is 6.07 Å². The summed E-state index contributed by atoms with van der Waals surface area (Å²) >= 11 is 6.16. The Hall–Kier alpha value is -1.95. The van der Waals surface area contributed by atoms with E-state index in [0.717, 1.165) is 12.8 Å². The third-order valence-corrected chi connectivity index (χ3v) is 3.45. The number of H-pyrrole nitrogens is 1. The van der Waals surface area contributed by atoms with Crippen molar-refractivity contribution < 1.29 is 4.92 Å². The largest absolute Gasteiger partial charge is 0.313 e. The van der Waals surface area contributed by atoms with Crippen molar-refractivity contribution in [3.8, 4) is 0 Å². The van der Waals surface area contributed by atoms with Crippen molar-refractivity contribution in [3.63, 3.8) is 0 Å². The molecule has 1 aromatic heterocycles. The molecule has 1 N–H and O–H groups in total. The number of benzene rings is 1. The average molecular weight is 296 g/mol. The number of fused-ring (bicyclic) bond motifs is 1. The molecule has 1 heterocycles. The van der Waals surface area contributed by atoms with E-state index in [4.69, 9.17) is 11.6 Å². The third-order valence-electron chi connectivity index (χ3n) is 3.08. The van der Waals surface area contributed by atoms with Crippen molar-refractivity contribution in [2.45, 2.75) is 31.6 Å². The molecule has 0 saturated heterocycles. The number of hydrogen-bond donors (Lipinski definition) is 1. The van der Waals surface area contributed by atoms with Gasteiger partial charge in [0.25, 0.3) is 11.2 Å². The second-order valence-electron chi connectivity index (χ2n) is 4.58. The molecule has 0 aliphatic carbocycles. The van der Waals surface area contributed by atoms with Crippen LogP contribution in [-0.4, -0.2) is 20.3 Å². The summed E-state index contributed by atoms with van der Waals surface area (Å²) in [6.07, 6.45) is 3.35. The molecule has 0 fully saturated rings. The minimum atomic E-state index is -0.489. The number of aromatic amines is 1. The van der Waals surface area contributed by atoms with E-state index in [-0.39, 0.29) is 22.0 Å². The molecule has 0 radical (unpaired) electrons. The molecular weight excluding hydrogens is 282 g/mol. The van der Waals surface area contributed by atoms with E-state index < -0.39 is 4.92 Å². The van der Waals surface area contributed by atoms with Crippen LogP contribution in [0.25, 0.3) is 10.9 Å². The summed E-state index contributed by atoms with van der Waals surface area (Å²) in [6.45, 7) is 2.01. The summed E-state index contributed by atoms with van der Waals surface area (Å²) in [5.74, 6) is 0. The molecule has 1 aromatic carbocycles. The number of halogens is 1. The molecule has 1 unspecified atom stereocenters. The monoisotopic (exact) mass is 295 g/mol. The predicted octanol–water partition coefficient (Wildman–Crippen LogP) is 2.78. The quantitative estimate of drug-likeness (QED) is 0.522. The summed E-state index contributed by atoms with van der Waals surface area (Å²) in [4.78, 5) is 28.7. The van der Waals surface area contributed by atoms with Crippen molar-refractivity contribution in [1.29, 1.82) is 0 Å². The lowest BCUT2D eigenvalue weighted by Crippen LogP contribution is -2.10. The first-order chi connectivity index (χ1) is 9.52. The fourth-order valence-corrected chi connectivity index (χ4v) is 2.52. The van der Waals surface area contributed by atoms with Crippen LogP contribution in [0.5, 0.6) is 0 Å². The summed E-state index contributed by atoms with van der Waals surface area (Å²) < 4.78 is 0. The smallest absolute Gasteiger partial charge is 0.273 e. The van der Waals surface area contributed by atoms with Gasteiger partial charge in [0.15, 0.2) is 0 Å². The van der Waals surface area contributed by atoms with Crippen LogP contribution in [0.4, 0.5) is 5.69 Å². The van der Waals surface area contributed by atoms with Crippen LogP contribution in [0, 0.1) is 10.1 Å². The Bertz CT molecular complexity index is 699. The van der Waals surface area contributed by atoms with Crippen molar-refractivity contribution in [1.82, 2.24) is 9.97 Å². The summed E-state index contributed by atoms with van der Waals surface area (Å²) in [5.41, 5.74) is 0.474. The highest BCUT2D eigenvalue weighted by Gasteiger charge is 2.19. The molecule has 2 rings (SSSR count). The van der Waals surface area contributed by atoms with E-state index in [0.29, 0.717) is 17.5 Å². The molecule has 0 saturated carbocycles. The number of nitro groups is 1. The lowest BCUT2D eigenvalue weighted by molar-refractivity contribution is -0.385. The number of rotatable bonds is 5. The Balaban J connectivity index is 2.54. The Labute approximate surface area is 119 Å². The zero-order chi connectivity index (χ0) is 14.7. The first-order valence-electron chi connectivity index (χ1n) is 6.31. The molecule has 106 valence electrons. The topological polar surface area (TPSA) is 88.9 Å². The minimum Gasteiger partial charge on any atom is -0.313 e. The fourth-order valence-electron chi connectivity index (χ4n) is 2.13. The zero-order valence-electron chi connectivity index (χ0n) is 10.9. The molecule has 7 heteroatoms. The third kappa shape index (κ3) is 2.96. The first-order valence-corrected chi connectivity index (χ1v) is 6.75. The van der Waals surface area contributed by atoms with Gasteiger partial charge >= 0.3 is 0 Å². The molecular formula is C13H14ClN3O3. The Morgan fingerprint density at radius 2 is 2.25 bits per heavy atom. The Morgan fingerprint density at radius 1 is 1.50 bits per heavy atom. The molecule has 1 atom stereocenters. The Kier molecular flexibility index (Phi) is 4.34. The van der Waals surface area contributed by atoms with Gasteiger partial charge in [-0.05, 0) is 18.9 Å². The van der Waals surface area contributed by atoms with Gasteiger partial charge in [-0.1, -0.05) is 13.3 Å². The highest BCUT2D eigenvalue weighted by Crippen LogP contribution is 2.26. The number of nitrogens with one attached hydrogen (secondary N) is 1. The van der Waals surface area contributed by atoms with Crippen LogP contribution in [0.2, 0.25) is 0 Å². The van der Waals surface area contributed by atoms with E-state index in [1.807, 2.05) is 6.92 Å². The van der Waals surface area contributed by atoms with Crippen molar-refractivity contribution in [2.24, 2.45) is 0 Å². The lowest BCUT2D eigenvalue weighted by atomic mass is 10.0. The molecule has 6 nitrogen and oxygen atoms in total. The maximum Gasteiger partial charge on any atom is 0.273 e. The van der Waals surface area contributed by atoms with Gasteiger partial charge < -0.3 is 4.98 Å². The molecule has 20 heavy (non-hydrogen) atoms. The van der Waals surface area contributed by atoms with E-state index in [2.05, 4.69) is 9.97 Å². The van der Waals surface area contributed by atoms with E-state index in [9.17, 15) is 14.9 Å². The molecule has 0 aliphatic rings. The summed E-state index contributed by atoms with van der Waals surface area (Å²) in [5, 5.41) is 11.2. The van der Waals surface area contributed by atoms with Crippen LogP contribution in [0.3, 0.4) is 0 Å². The number of nitro benzene ring substituents is 1. The number of alkyl halides is 1. The van der Waals surface area contributed by atoms with E-state index in [1.165, 1.54) is 12.4 Å². The van der Waals surface area contributed by atoms with Crippen LogP contribution < -0.4 is 5.56 Å². The van der Waals surface area contributed by atoms with Gasteiger partial charge in [-0.2, -0.15) is 0 Å². The lowest BCUT2D eigenvalue weighted by Gasteiger charge is -2.09. The Morgan fingerprint density at radius 3 is 2.90 bits per heavy atom. The fraction of sp³-hybridized carbons (Fsp3) is 0.385. The van der Waals surface area contributed by atoms with Gasteiger partial charge in [0.2, 0.25) is 0 Å². The molecule has 0 bridgehead atoms. The highest BCUT2D eigenvalue weighted by molar-refractivity contribution is 6.20. The van der Waals surface area contributed by atoms with Gasteiger partial charge in [-0.3, -0.25) is 14.9 Å². The molecule has 2 aromatic rings. The maximum atomic E-state index is 11.6. The predicted molar refractivity (Wildman–Crippen MR) is 77.3 cm³/mol. The van der Waals surface area contributed by atoms with Crippen LogP contribution in [0.15, 0.2) is 23.3 Å². The first kappa shape index (κ1) is 14.5. The van der Waals surface area contributed by atoms with E-state index >= 15 is 0 Å². The van der Waals surface area contributed by atoms with Crippen LogP contribution in [0.1, 0.15) is 25.3 Å². The molecule has 0 amide bonds. The summed E-state index contributed by atoms with van der Waals surface area (Å²) in [6, 6.07) is 2.85. The van der Waals surface area contributed by atoms with Gasteiger partial charge in [0, 0.05) is 17.0 Å². The van der Waals surface area contributed by atoms with Gasteiger partial charge in [-0.25, -0.2) is 4.98 Å². The zero-order valence-corrected chi connectivity index (χ0v) is 11.7. The molecule has 0 aliphatic heterocycles. The normalized spacial score (nSPS) is 12.5. The van der Waals surface area contributed by atoms with Crippen molar-refractivity contribution in [2.75, 3.05) is 0 Å². The second kappa shape index (κ2) is 6.00. The van der Waals surface area contributed by atoms with Gasteiger partial charge in [0.05, 0.1) is 22.2 Å². The number of nitrogens with zero attached hydrogens (tertiary/aromatic N) is 2. The highest BCUT2D eigenvalue weighted by atomic mass is 35.5. The maximum absolute atomic E-state index is 11.6. The minimum absolute atomic E-state index is 0.0854. The molecule has 0 spiro atoms. The summed E-state index contributed by atoms with van der Waals surface area (Å²) in [7, 11) is 0.